The van der Waals surface area contributed by atoms with Gasteiger partial charge in [-0.15, -0.1) is 0 Å². The van der Waals surface area contributed by atoms with Crippen molar-refractivity contribution in [1.29, 1.82) is 0 Å². The van der Waals surface area contributed by atoms with E-state index in [9.17, 15) is 14.4 Å². The van der Waals surface area contributed by atoms with E-state index in [0.29, 0.717) is 0 Å². The van der Waals surface area contributed by atoms with Gasteiger partial charge in [0, 0.05) is 6.54 Å². The molecule has 2 aromatic rings. The molecule has 7 nitrogen and oxygen atoms in total. The maximum Gasteiger partial charge on any atom is 0.279 e. The van der Waals surface area contributed by atoms with Crippen LogP contribution < -0.4 is 5.32 Å². The van der Waals surface area contributed by atoms with Gasteiger partial charge >= 0.3 is 0 Å². The molecule has 3 amide bonds. The van der Waals surface area contributed by atoms with Crippen LogP contribution >= 0.6 is 0 Å². The van der Waals surface area contributed by atoms with Gasteiger partial charge in [0.2, 0.25) is 11.8 Å². The van der Waals surface area contributed by atoms with E-state index in [1.54, 1.807) is 24.3 Å². The molecule has 1 heterocycles. The number of hydrogen-bond acceptors (Lipinski definition) is 5. The van der Waals surface area contributed by atoms with Gasteiger partial charge in [-0.25, -0.2) is 0 Å². The van der Waals surface area contributed by atoms with Gasteiger partial charge in [0.1, 0.15) is 0 Å². The second-order valence-electron chi connectivity index (χ2n) is 5.84. The van der Waals surface area contributed by atoms with E-state index in [1.165, 1.54) is 0 Å². The van der Waals surface area contributed by atoms with Crippen LogP contribution in [0.2, 0.25) is 0 Å². The predicted molar refractivity (Wildman–Crippen MR) is 93.0 cm³/mol. The Hall–Kier alpha value is -3.48. The zero-order valence-electron chi connectivity index (χ0n) is 13.8. The maximum absolute atomic E-state index is 12.6. The fourth-order valence-electron chi connectivity index (χ4n) is 2.77. The maximum atomic E-state index is 12.6. The van der Waals surface area contributed by atoms with Crippen molar-refractivity contribution < 1.29 is 19.6 Å². The lowest BCUT2D eigenvalue weighted by atomic mass is 10.1. The topological polar surface area (TPSA) is 99.1 Å². The lowest BCUT2D eigenvalue weighted by Crippen LogP contribution is -2.38. The molecule has 132 valence electrons. The van der Waals surface area contributed by atoms with E-state index in [4.69, 9.17) is 5.21 Å². The number of oxime groups is 1. The summed E-state index contributed by atoms with van der Waals surface area (Å²) in [5.41, 5.74) is 1.12. The summed E-state index contributed by atoms with van der Waals surface area (Å²) >= 11 is 0. The van der Waals surface area contributed by atoms with E-state index in [1.807, 2.05) is 36.4 Å². The average molecular weight is 351 g/mol. The molecule has 0 unspecified atom stereocenters. The molecule has 2 N–H and O–H groups in total. The van der Waals surface area contributed by atoms with Crippen molar-refractivity contribution in [3.05, 3.63) is 71.8 Å². The van der Waals surface area contributed by atoms with Gasteiger partial charge in [-0.1, -0.05) is 65.8 Å². The SMILES string of the molecule is O=C(NCc1ccccc1)[C@H]1C(=O)N(Cc2ccccc2)C(=O)/C1=N/O. The highest BCUT2D eigenvalue weighted by atomic mass is 16.4. The van der Waals surface area contributed by atoms with Gasteiger partial charge < -0.3 is 10.5 Å². The second-order valence-corrected chi connectivity index (χ2v) is 5.84. The summed E-state index contributed by atoms with van der Waals surface area (Å²) in [7, 11) is 0. The molecule has 1 atom stereocenters. The van der Waals surface area contributed by atoms with Crippen LogP contribution in [-0.2, 0) is 27.5 Å². The van der Waals surface area contributed by atoms with Crippen molar-refractivity contribution in [3.63, 3.8) is 0 Å². The number of nitrogens with zero attached hydrogens (tertiary/aromatic N) is 2. The van der Waals surface area contributed by atoms with Crippen LogP contribution in [0.3, 0.4) is 0 Å². The molecule has 0 bridgehead atoms. The lowest BCUT2D eigenvalue weighted by Gasteiger charge is -2.14. The first-order valence-electron chi connectivity index (χ1n) is 8.05. The molecule has 2 aromatic carbocycles. The third-order valence-corrected chi connectivity index (χ3v) is 4.11. The van der Waals surface area contributed by atoms with Crippen molar-refractivity contribution in [2.45, 2.75) is 13.1 Å². The van der Waals surface area contributed by atoms with Crippen LogP contribution in [-0.4, -0.2) is 33.5 Å². The molecule has 3 rings (SSSR count). The quantitative estimate of drug-likeness (QED) is 0.367. The zero-order valence-corrected chi connectivity index (χ0v) is 13.8. The van der Waals surface area contributed by atoms with Gasteiger partial charge in [0.15, 0.2) is 11.6 Å². The van der Waals surface area contributed by atoms with Crippen molar-refractivity contribution >= 4 is 23.4 Å². The number of hydrogen-bond donors (Lipinski definition) is 2. The minimum atomic E-state index is -1.44. The Kier molecular flexibility index (Phi) is 5.07. The van der Waals surface area contributed by atoms with Crippen molar-refractivity contribution in [3.8, 4) is 0 Å². The highest BCUT2D eigenvalue weighted by Crippen LogP contribution is 2.20. The number of amides is 3. The van der Waals surface area contributed by atoms with Gasteiger partial charge in [-0.3, -0.25) is 19.3 Å². The summed E-state index contributed by atoms with van der Waals surface area (Å²) < 4.78 is 0. The highest BCUT2D eigenvalue weighted by molar-refractivity contribution is 6.54. The summed E-state index contributed by atoms with van der Waals surface area (Å²) in [5, 5.41) is 14.7. The molecule has 0 spiro atoms. The van der Waals surface area contributed by atoms with Crippen molar-refractivity contribution in [2.24, 2.45) is 11.1 Å². The molecule has 0 aliphatic carbocycles. The number of rotatable bonds is 5. The summed E-state index contributed by atoms with van der Waals surface area (Å²) in [5.74, 6) is -3.58. The zero-order chi connectivity index (χ0) is 18.5. The van der Waals surface area contributed by atoms with E-state index in [2.05, 4.69) is 10.5 Å². The minimum absolute atomic E-state index is 0.0139. The van der Waals surface area contributed by atoms with Crippen molar-refractivity contribution in [1.82, 2.24) is 10.2 Å². The number of benzene rings is 2. The van der Waals surface area contributed by atoms with Crippen molar-refractivity contribution in [2.75, 3.05) is 0 Å². The van der Waals surface area contributed by atoms with Crippen LogP contribution in [0.4, 0.5) is 0 Å². The second kappa shape index (κ2) is 7.60. The Morgan fingerprint density at radius 1 is 1.00 bits per heavy atom. The van der Waals surface area contributed by atoms with Crippen LogP contribution in [0.1, 0.15) is 11.1 Å². The third-order valence-electron chi connectivity index (χ3n) is 4.11. The average Bonchev–Trinajstić information content (AvgIpc) is 2.92. The standard InChI is InChI=1S/C19H17N3O4/c23-17(20-11-13-7-3-1-4-8-13)15-16(21-26)19(25)22(18(15)24)12-14-9-5-2-6-10-14/h1-10,15,26H,11-12H2,(H,20,23)/b21-16+/t15-/m0/s1. The van der Waals surface area contributed by atoms with Crippen LogP contribution in [0, 0.1) is 5.92 Å². The van der Waals surface area contributed by atoms with E-state index in [-0.39, 0.29) is 13.1 Å². The molecule has 1 fully saturated rings. The highest BCUT2D eigenvalue weighted by Gasteiger charge is 2.49. The molecule has 0 radical (unpaired) electrons. The molecule has 26 heavy (non-hydrogen) atoms. The Labute approximate surface area is 149 Å². The number of imide groups is 1. The fraction of sp³-hybridized carbons (Fsp3) is 0.158. The largest absolute Gasteiger partial charge is 0.410 e. The summed E-state index contributed by atoms with van der Waals surface area (Å²) in [6, 6.07) is 18.1. The van der Waals surface area contributed by atoms with Gasteiger partial charge in [-0.2, -0.15) is 0 Å². The molecule has 1 aliphatic heterocycles. The van der Waals surface area contributed by atoms with Crippen LogP contribution in [0.25, 0.3) is 0 Å². The molecular weight excluding hydrogens is 334 g/mol. The molecule has 7 heteroatoms. The van der Waals surface area contributed by atoms with E-state index >= 15 is 0 Å². The van der Waals surface area contributed by atoms with Gasteiger partial charge in [0.05, 0.1) is 6.54 Å². The van der Waals surface area contributed by atoms with Crippen LogP contribution in [0.5, 0.6) is 0 Å². The Morgan fingerprint density at radius 3 is 2.15 bits per heavy atom. The predicted octanol–water partition coefficient (Wildman–Crippen LogP) is 1.32. The number of nitrogens with one attached hydrogen (secondary N) is 1. The molecule has 1 saturated heterocycles. The van der Waals surface area contributed by atoms with Crippen LogP contribution in [0.15, 0.2) is 65.8 Å². The van der Waals surface area contributed by atoms with E-state index < -0.39 is 29.4 Å². The summed E-state index contributed by atoms with van der Waals surface area (Å²) in [4.78, 5) is 38.3. The Bertz CT molecular complexity index is 850. The number of carbonyl (C=O) groups is 3. The first-order chi connectivity index (χ1) is 12.6. The normalized spacial score (nSPS) is 18.4. The third kappa shape index (κ3) is 3.46. The fourth-order valence-corrected chi connectivity index (χ4v) is 2.77. The number of carbonyl (C=O) groups excluding carboxylic acids is 3. The number of likely N-dealkylation sites (tertiary alicyclic amines) is 1. The Balaban J connectivity index is 1.74. The monoisotopic (exact) mass is 351 g/mol. The first kappa shape index (κ1) is 17.3. The van der Waals surface area contributed by atoms with Gasteiger partial charge in [-0.05, 0) is 11.1 Å². The molecule has 0 aromatic heterocycles. The molecule has 1 aliphatic rings. The Morgan fingerprint density at radius 2 is 1.58 bits per heavy atom. The van der Waals surface area contributed by atoms with Gasteiger partial charge in [0.25, 0.3) is 5.91 Å². The smallest absolute Gasteiger partial charge is 0.279 e. The lowest BCUT2D eigenvalue weighted by molar-refractivity contribution is -0.141. The minimum Gasteiger partial charge on any atom is -0.410 e. The first-order valence-corrected chi connectivity index (χ1v) is 8.05. The summed E-state index contributed by atoms with van der Waals surface area (Å²) in [6.07, 6.45) is 0. The molecular formula is C19H17N3O4. The summed E-state index contributed by atoms with van der Waals surface area (Å²) in [6.45, 7) is 0.217. The molecule has 0 saturated carbocycles. The van der Waals surface area contributed by atoms with E-state index in [0.717, 1.165) is 16.0 Å².